The molecule has 2 nitrogen and oxygen atoms in total. The lowest BCUT2D eigenvalue weighted by molar-refractivity contribution is 0.877. The Bertz CT molecular complexity index is 412. The summed E-state index contributed by atoms with van der Waals surface area (Å²) >= 11 is 0. The highest BCUT2D eigenvalue weighted by Crippen LogP contribution is 2.30. The Balaban J connectivity index is 2.30. The number of hydrogen-bond donors (Lipinski definition) is 0. The fourth-order valence-corrected chi connectivity index (χ4v) is 2.03. The molecule has 0 atom stereocenters. The molecule has 0 heterocycles. The lowest BCUT2D eigenvalue weighted by Crippen LogP contribution is -2.15. The minimum atomic E-state index is 0.934. The van der Waals surface area contributed by atoms with Crippen LogP contribution in [0.4, 0.5) is 5.69 Å². The van der Waals surface area contributed by atoms with Gasteiger partial charge in [0, 0.05) is 24.0 Å². The molecule has 1 aliphatic carbocycles. The average molecular weight is 198 g/mol. The topological polar surface area (TPSA) is 27.0 Å². The first-order chi connectivity index (χ1) is 7.33. The second-order valence-electron chi connectivity index (χ2n) is 3.79. The van der Waals surface area contributed by atoms with E-state index in [1.165, 1.54) is 5.70 Å². The first kappa shape index (κ1) is 9.79. The lowest BCUT2D eigenvalue weighted by atomic mass is 10.2. The minimum Gasteiger partial charge on any atom is -0.347 e. The Kier molecular flexibility index (Phi) is 2.73. The largest absolute Gasteiger partial charge is 0.347 e. The normalized spacial score (nSPS) is 15.2. The predicted octanol–water partition coefficient (Wildman–Crippen LogP) is 3.08. The molecule has 0 amide bonds. The maximum atomic E-state index is 9.00. The van der Waals surface area contributed by atoms with Crippen LogP contribution in [-0.2, 0) is 0 Å². The number of benzene rings is 1. The van der Waals surface area contributed by atoms with Crippen LogP contribution in [0, 0.1) is 11.3 Å². The number of para-hydroxylation sites is 1. The van der Waals surface area contributed by atoms with E-state index in [1.807, 2.05) is 25.2 Å². The third-order valence-electron chi connectivity index (χ3n) is 2.87. The minimum absolute atomic E-state index is 0.934. The van der Waals surface area contributed by atoms with Crippen LogP contribution < -0.4 is 4.90 Å². The van der Waals surface area contributed by atoms with E-state index in [1.54, 1.807) is 0 Å². The molecule has 0 spiro atoms. The molecule has 0 fully saturated rings. The Labute approximate surface area is 90.4 Å². The zero-order valence-electron chi connectivity index (χ0n) is 8.90. The van der Waals surface area contributed by atoms with Crippen LogP contribution >= 0.6 is 0 Å². The Morgan fingerprint density at radius 2 is 1.93 bits per heavy atom. The molecule has 0 bridgehead atoms. The van der Waals surface area contributed by atoms with Crippen molar-refractivity contribution >= 4 is 5.69 Å². The van der Waals surface area contributed by atoms with Crippen LogP contribution in [0.3, 0.4) is 0 Å². The van der Waals surface area contributed by atoms with Gasteiger partial charge < -0.3 is 4.90 Å². The quantitative estimate of drug-likeness (QED) is 0.730. The maximum Gasteiger partial charge on any atom is 0.0965 e. The van der Waals surface area contributed by atoms with Crippen molar-refractivity contribution in [3.63, 3.8) is 0 Å². The first-order valence-corrected chi connectivity index (χ1v) is 5.24. The second-order valence-corrected chi connectivity index (χ2v) is 3.79. The van der Waals surface area contributed by atoms with Crippen molar-refractivity contribution < 1.29 is 0 Å². The van der Waals surface area contributed by atoms with E-state index in [-0.39, 0.29) is 0 Å². The molecule has 76 valence electrons. The molecule has 1 aliphatic rings. The van der Waals surface area contributed by atoms with Gasteiger partial charge in [-0.1, -0.05) is 18.2 Å². The summed E-state index contributed by atoms with van der Waals surface area (Å²) in [5, 5.41) is 9.00. The predicted molar refractivity (Wildman–Crippen MR) is 61.3 cm³/mol. The molecule has 0 N–H and O–H groups in total. The van der Waals surface area contributed by atoms with E-state index in [0.717, 1.165) is 30.5 Å². The third kappa shape index (κ3) is 1.87. The highest BCUT2D eigenvalue weighted by Gasteiger charge is 2.18. The summed E-state index contributed by atoms with van der Waals surface area (Å²) in [6.07, 6.45) is 3.06. The third-order valence-corrected chi connectivity index (χ3v) is 2.87. The molecule has 1 aromatic carbocycles. The maximum absolute atomic E-state index is 9.00. The highest BCUT2D eigenvalue weighted by atomic mass is 15.1. The molecule has 0 radical (unpaired) electrons. The van der Waals surface area contributed by atoms with Crippen molar-refractivity contribution in [2.24, 2.45) is 0 Å². The van der Waals surface area contributed by atoms with Gasteiger partial charge in [-0.3, -0.25) is 0 Å². The Hall–Kier alpha value is -1.75. The van der Waals surface area contributed by atoms with Crippen molar-refractivity contribution in [3.05, 3.63) is 41.6 Å². The summed E-state index contributed by atoms with van der Waals surface area (Å²) < 4.78 is 0. The fourth-order valence-electron chi connectivity index (χ4n) is 2.03. The van der Waals surface area contributed by atoms with Crippen molar-refractivity contribution in [2.45, 2.75) is 19.3 Å². The molecule has 1 aromatic rings. The lowest BCUT2D eigenvalue weighted by Gasteiger charge is -2.21. The van der Waals surface area contributed by atoms with Crippen molar-refractivity contribution in [2.75, 3.05) is 11.9 Å². The van der Waals surface area contributed by atoms with E-state index in [2.05, 4.69) is 23.1 Å². The number of nitrogens with zero attached hydrogens (tertiary/aromatic N) is 2. The van der Waals surface area contributed by atoms with Crippen LogP contribution in [-0.4, -0.2) is 7.05 Å². The molecule has 15 heavy (non-hydrogen) atoms. The Morgan fingerprint density at radius 1 is 1.20 bits per heavy atom. The van der Waals surface area contributed by atoms with E-state index < -0.39 is 0 Å². The standard InChI is InChI=1S/C13H14N2/c1-15(12-7-3-2-4-8-12)13-9-5-6-11(13)10-14/h2-4,7-8H,5-6,9H2,1H3. The smallest absolute Gasteiger partial charge is 0.0965 e. The highest BCUT2D eigenvalue weighted by molar-refractivity contribution is 5.54. The van der Waals surface area contributed by atoms with Crippen molar-refractivity contribution in [1.29, 1.82) is 5.26 Å². The van der Waals surface area contributed by atoms with Crippen LogP contribution in [0.5, 0.6) is 0 Å². The number of nitriles is 1. The van der Waals surface area contributed by atoms with Crippen LogP contribution in [0.2, 0.25) is 0 Å². The van der Waals surface area contributed by atoms with Gasteiger partial charge in [-0.25, -0.2) is 0 Å². The first-order valence-electron chi connectivity index (χ1n) is 5.24. The molecule has 0 saturated carbocycles. The van der Waals surface area contributed by atoms with E-state index in [4.69, 9.17) is 5.26 Å². The molecular weight excluding hydrogens is 184 g/mol. The van der Waals surface area contributed by atoms with E-state index >= 15 is 0 Å². The molecule has 2 rings (SSSR count). The van der Waals surface area contributed by atoms with E-state index in [0.29, 0.717) is 0 Å². The van der Waals surface area contributed by atoms with Gasteiger partial charge in [0.05, 0.1) is 6.07 Å². The van der Waals surface area contributed by atoms with Gasteiger partial charge in [-0.15, -0.1) is 0 Å². The SMILES string of the molecule is CN(C1=C(C#N)CCC1)c1ccccc1. The van der Waals surface area contributed by atoms with Gasteiger partial charge in [0.15, 0.2) is 0 Å². The zero-order valence-corrected chi connectivity index (χ0v) is 8.90. The Morgan fingerprint density at radius 3 is 2.60 bits per heavy atom. The van der Waals surface area contributed by atoms with Gasteiger partial charge in [-0.2, -0.15) is 5.26 Å². The average Bonchev–Trinajstić information content (AvgIpc) is 2.77. The second kappa shape index (κ2) is 4.18. The molecule has 0 aliphatic heterocycles. The number of rotatable bonds is 2. The van der Waals surface area contributed by atoms with Crippen LogP contribution in [0.15, 0.2) is 41.6 Å². The van der Waals surface area contributed by atoms with Gasteiger partial charge in [0.2, 0.25) is 0 Å². The molecular formula is C13H14N2. The summed E-state index contributed by atoms with van der Waals surface area (Å²) in [6, 6.07) is 12.5. The fraction of sp³-hybridized carbons (Fsp3) is 0.308. The summed E-state index contributed by atoms with van der Waals surface area (Å²) in [5.74, 6) is 0. The summed E-state index contributed by atoms with van der Waals surface area (Å²) in [5.41, 5.74) is 3.28. The van der Waals surface area contributed by atoms with Gasteiger partial charge in [0.25, 0.3) is 0 Å². The van der Waals surface area contributed by atoms with E-state index in [9.17, 15) is 0 Å². The van der Waals surface area contributed by atoms with Gasteiger partial charge in [0.1, 0.15) is 0 Å². The summed E-state index contributed by atoms with van der Waals surface area (Å²) in [7, 11) is 2.04. The summed E-state index contributed by atoms with van der Waals surface area (Å²) in [4.78, 5) is 2.13. The number of anilines is 1. The van der Waals surface area contributed by atoms with Crippen molar-refractivity contribution in [1.82, 2.24) is 0 Å². The van der Waals surface area contributed by atoms with Gasteiger partial charge in [-0.05, 0) is 31.4 Å². The molecule has 0 aromatic heterocycles. The van der Waals surface area contributed by atoms with Crippen LogP contribution in [0.25, 0.3) is 0 Å². The van der Waals surface area contributed by atoms with Crippen LogP contribution in [0.1, 0.15) is 19.3 Å². The number of allylic oxidation sites excluding steroid dienone is 2. The zero-order chi connectivity index (χ0) is 10.7. The van der Waals surface area contributed by atoms with Crippen molar-refractivity contribution in [3.8, 4) is 6.07 Å². The molecule has 0 unspecified atom stereocenters. The number of hydrogen-bond acceptors (Lipinski definition) is 2. The monoisotopic (exact) mass is 198 g/mol. The molecule has 2 heteroatoms. The summed E-state index contributed by atoms with van der Waals surface area (Å²) in [6.45, 7) is 0. The molecule has 0 saturated heterocycles. The van der Waals surface area contributed by atoms with Gasteiger partial charge >= 0.3 is 0 Å².